The van der Waals surface area contributed by atoms with Gasteiger partial charge in [-0.15, -0.1) is 0 Å². The van der Waals surface area contributed by atoms with Gasteiger partial charge in [-0.3, -0.25) is 9.69 Å². The van der Waals surface area contributed by atoms with Crippen LogP contribution < -0.4 is 10.6 Å². The number of amides is 3. The molecule has 0 bridgehead atoms. The van der Waals surface area contributed by atoms with Gasteiger partial charge < -0.3 is 10.6 Å². The Morgan fingerprint density at radius 3 is 2.81 bits per heavy atom. The zero-order valence-corrected chi connectivity index (χ0v) is 10.1. The average Bonchev–Trinajstić information content (AvgIpc) is 2.55. The van der Waals surface area contributed by atoms with Gasteiger partial charge in [-0.2, -0.15) is 0 Å². The third-order valence-electron chi connectivity index (χ3n) is 2.72. The van der Waals surface area contributed by atoms with Crippen molar-refractivity contribution in [3.8, 4) is 0 Å². The second-order valence-corrected chi connectivity index (χ2v) is 4.30. The minimum atomic E-state index is -0.270. The van der Waals surface area contributed by atoms with Gasteiger partial charge >= 0.3 is 6.03 Å². The van der Waals surface area contributed by atoms with E-state index in [1.165, 1.54) is 17.7 Å². The number of hydrogen-bond acceptors (Lipinski definition) is 3. The highest BCUT2D eigenvalue weighted by Gasteiger charge is 2.27. The molecule has 1 atom stereocenters. The molecule has 0 aromatic heterocycles. The second kappa shape index (κ2) is 6.48. The van der Waals surface area contributed by atoms with Gasteiger partial charge in [0.05, 0.1) is 6.54 Å². The molecule has 5 nitrogen and oxygen atoms in total. The predicted octanol–water partition coefficient (Wildman–Crippen LogP) is 0.564. The lowest BCUT2D eigenvalue weighted by atomic mass is 10.1. The van der Waals surface area contributed by atoms with E-state index in [4.69, 9.17) is 0 Å². The van der Waals surface area contributed by atoms with Crippen molar-refractivity contribution in [1.82, 2.24) is 15.5 Å². The second-order valence-electron chi connectivity index (χ2n) is 4.30. The molecule has 2 N–H and O–H groups in total. The molecule has 0 aliphatic carbocycles. The summed E-state index contributed by atoms with van der Waals surface area (Å²) in [5.74, 6) is 0.515. The number of nitrogens with zero attached hydrogens (tertiary/aromatic N) is 1. The van der Waals surface area contributed by atoms with Gasteiger partial charge in [-0.25, -0.2) is 4.79 Å². The van der Waals surface area contributed by atoms with E-state index in [0.29, 0.717) is 19.0 Å². The molecule has 0 aromatic carbocycles. The standard InChI is InChI=1S/C11H21N3O2/c1-3-4-9(2)7-12-5-6-14-10(15)8-13-11(14)16/h9,12H,3-8H2,1-2H3,(H,13,16). The molecular weight excluding hydrogens is 206 g/mol. The van der Waals surface area contributed by atoms with Gasteiger partial charge in [-0.05, 0) is 18.9 Å². The van der Waals surface area contributed by atoms with Gasteiger partial charge in [0, 0.05) is 13.1 Å². The molecule has 0 spiro atoms. The molecule has 0 aromatic rings. The Balaban J connectivity index is 2.11. The average molecular weight is 227 g/mol. The number of hydrogen-bond donors (Lipinski definition) is 2. The highest BCUT2D eigenvalue weighted by Crippen LogP contribution is 2.02. The molecule has 1 heterocycles. The molecule has 1 rings (SSSR count). The first kappa shape index (κ1) is 13.0. The summed E-state index contributed by atoms with van der Waals surface area (Å²) < 4.78 is 0. The highest BCUT2D eigenvalue weighted by molar-refractivity contribution is 6.01. The molecule has 1 unspecified atom stereocenters. The Hall–Kier alpha value is -1.10. The van der Waals surface area contributed by atoms with Crippen LogP contribution in [0.2, 0.25) is 0 Å². The highest BCUT2D eigenvalue weighted by atomic mass is 16.2. The van der Waals surface area contributed by atoms with E-state index >= 15 is 0 Å². The van der Waals surface area contributed by atoms with Gasteiger partial charge in [0.2, 0.25) is 5.91 Å². The fraction of sp³-hybridized carbons (Fsp3) is 0.818. The smallest absolute Gasteiger partial charge is 0.324 e. The van der Waals surface area contributed by atoms with Crippen LogP contribution in [0.4, 0.5) is 4.79 Å². The zero-order valence-electron chi connectivity index (χ0n) is 10.1. The first-order chi connectivity index (χ1) is 7.65. The largest absolute Gasteiger partial charge is 0.329 e. The Bertz CT molecular complexity index is 240. The Morgan fingerprint density at radius 1 is 1.50 bits per heavy atom. The number of nitrogens with one attached hydrogen (secondary N) is 2. The number of urea groups is 1. The lowest BCUT2D eigenvalue weighted by Crippen LogP contribution is -2.37. The number of imide groups is 1. The van der Waals surface area contributed by atoms with Crippen molar-refractivity contribution < 1.29 is 9.59 Å². The Kier molecular flexibility index (Phi) is 5.25. The lowest BCUT2D eigenvalue weighted by Gasteiger charge is -2.15. The lowest BCUT2D eigenvalue weighted by molar-refractivity contribution is -0.124. The molecule has 0 radical (unpaired) electrons. The predicted molar refractivity (Wildman–Crippen MR) is 62.1 cm³/mol. The maximum atomic E-state index is 11.2. The van der Waals surface area contributed by atoms with Gasteiger partial charge in [-0.1, -0.05) is 20.3 Å². The first-order valence-electron chi connectivity index (χ1n) is 5.94. The summed E-state index contributed by atoms with van der Waals surface area (Å²) in [5.41, 5.74) is 0. The van der Waals surface area contributed by atoms with Crippen LogP contribution in [0.5, 0.6) is 0 Å². The van der Waals surface area contributed by atoms with Crippen molar-refractivity contribution in [2.24, 2.45) is 5.92 Å². The summed E-state index contributed by atoms with van der Waals surface area (Å²) in [6, 6.07) is -0.270. The molecule has 3 amide bonds. The molecule has 1 fully saturated rings. The van der Waals surface area contributed by atoms with Crippen molar-refractivity contribution in [3.63, 3.8) is 0 Å². The molecule has 5 heteroatoms. The zero-order chi connectivity index (χ0) is 12.0. The van der Waals surface area contributed by atoms with Crippen LogP contribution in [0.15, 0.2) is 0 Å². The third-order valence-corrected chi connectivity index (χ3v) is 2.72. The minimum Gasteiger partial charge on any atom is -0.329 e. The van der Waals surface area contributed by atoms with Gasteiger partial charge in [0.25, 0.3) is 0 Å². The molecular formula is C11H21N3O2. The van der Waals surface area contributed by atoms with E-state index in [9.17, 15) is 9.59 Å². The number of rotatable bonds is 7. The SMILES string of the molecule is CCCC(C)CNCCN1C(=O)CNC1=O. The van der Waals surface area contributed by atoms with E-state index in [2.05, 4.69) is 24.5 Å². The van der Waals surface area contributed by atoms with Crippen LogP contribution in [-0.2, 0) is 4.79 Å². The van der Waals surface area contributed by atoms with Crippen molar-refractivity contribution in [1.29, 1.82) is 0 Å². The summed E-state index contributed by atoms with van der Waals surface area (Å²) >= 11 is 0. The van der Waals surface area contributed by atoms with Crippen LogP contribution in [0.3, 0.4) is 0 Å². The van der Waals surface area contributed by atoms with Gasteiger partial charge in [0.1, 0.15) is 0 Å². The molecule has 92 valence electrons. The summed E-state index contributed by atoms with van der Waals surface area (Å²) in [6.45, 7) is 6.59. The summed E-state index contributed by atoms with van der Waals surface area (Å²) in [7, 11) is 0. The van der Waals surface area contributed by atoms with Gasteiger partial charge in [0.15, 0.2) is 0 Å². The Labute approximate surface area is 96.6 Å². The quantitative estimate of drug-likeness (QED) is 0.493. The fourth-order valence-electron chi connectivity index (χ4n) is 1.82. The molecule has 16 heavy (non-hydrogen) atoms. The van der Waals surface area contributed by atoms with Crippen LogP contribution in [-0.4, -0.2) is 43.0 Å². The normalized spacial score (nSPS) is 17.8. The van der Waals surface area contributed by atoms with Crippen molar-refractivity contribution in [2.45, 2.75) is 26.7 Å². The van der Waals surface area contributed by atoms with Crippen LogP contribution >= 0.6 is 0 Å². The molecule has 1 aliphatic rings. The van der Waals surface area contributed by atoms with Crippen molar-refractivity contribution in [2.75, 3.05) is 26.2 Å². The maximum Gasteiger partial charge on any atom is 0.324 e. The topological polar surface area (TPSA) is 61.4 Å². The third kappa shape index (κ3) is 3.81. The monoisotopic (exact) mass is 227 g/mol. The van der Waals surface area contributed by atoms with E-state index in [-0.39, 0.29) is 18.5 Å². The number of carbonyl (C=O) groups excluding carboxylic acids is 2. The van der Waals surface area contributed by atoms with Crippen molar-refractivity contribution in [3.05, 3.63) is 0 Å². The van der Waals surface area contributed by atoms with Crippen LogP contribution in [0, 0.1) is 5.92 Å². The molecule has 1 aliphatic heterocycles. The summed E-state index contributed by atoms with van der Waals surface area (Å²) in [6.07, 6.45) is 2.39. The minimum absolute atomic E-state index is 0.131. The van der Waals surface area contributed by atoms with E-state index < -0.39 is 0 Å². The van der Waals surface area contributed by atoms with E-state index in [1.54, 1.807) is 0 Å². The molecule has 0 saturated carbocycles. The summed E-state index contributed by atoms with van der Waals surface area (Å²) in [4.78, 5) is 23.7. The maximum absolute atomic E-state index is 11.2. The van der Waals surface area contributed by atoms with E-state index in [0.717, 1.165) is 6.54 Å². The Morgan fingerprint density at radius 2 is 2.25 bits per heavy atom. The van der Waals surface area contributed by atoms with Crippen LogP contribution in [0.25, 0.3) is 0 Å². The van der Waals surface area contributed by atoms with E-state index in [1.807, 2.05) is 0 Å². The first-order valence-corrected chi connectivity index (χ1v) is 5.94. The van der Waals surface area contributed by atoms with Crippen LogP contribution in [0.1, 0.15) is 26.7 Å². The fourth-order valence-corrected chi connectivity index (χ4v) is 1.82. The van der Waals surface area contributed by atoms with Crippen molar-refractivity contribution >= 4 is 11.9 Å². The molecule has 1 saturated heterocycles. The number of carbonyl (C=O) groups is 2. The summed E-state index contributed by atoms with van der Waals surface area (Å²) in [5, 5.41) is 5.76.